The molecule has 96 valence electrons. The molecule has 0 spiro atoms. The standard InChI is InChI=1S/C13H18N4O/c1-10(14-2)11-5-4-6-12(7-11)18-8-13-15-9-16-17(13)3/h4-7,9-10,14H,8H2,1-3H3. The summed E-state index contributed by atoms with van der Waals surface area (Å²) in [6.45, 7) is 2.54. The van der Waals surface area contributed by atoms with E-state index in [0.29, 0.717) is 12.6 Å². The van der Waals surface area contributed by atoms with Crippen LogP contribution in [0.3, 0.4) is 0 Å². The Hall–Kier alpha value is -1.88. The molecule has 0 aliphatic carbocycles. The molecule has 1 aromatic carbocycles. The van der Waals surface area contributed by atoms with Crippen molar-refractivity contribution < 1.29 is 4.74 Å². The first-order chi connectivity index (χ1) is 8.70. The van der Waals surface area contributed by atoms with E-state index in [9.17, 15) is 0 Å². The zero-order chi connectivity index (χ0) is 13.0. The van der Waals surface area contributed by atoms with Crippen LogP contribution >= 0.6 is 0 Å². The molecule has 18 heavy (non-hydrogen) atoms. The highest BCUT2D eigenvalue weighted by Gasteiger charge is 2.05. The Bertz CT molecular complexity index is 509. The SMILES string of the molecule is CNC(C)c1cccc(OCc2ncnn2C)c1. The van der Waals surface area contributed by atoms with E-state index < -0.39 is 0 Å². The van der Waals surface area contributed by atoms with E-state index >= 15 is 0 Å². The minimum atomic E-state index is 0.309. The molecule has 1 N–H and O–H groups in total. The number of aromatic nitrogens is 3. The summed E-state index contributed by atoms with van der Waals surface area (Å²) in [5.41, 5.74) is 1.20. The summed E-state index contributed by atoms with van der Waals surface area (Å²) in [5, 5.41) is 7.21. The van der Waals surface area contributed by atoms with E-state index in [1.807, 2.05) is 32.3 Å². The quantitative estimate of drug-likeness (QED) is 0.872. The van der Waals surface area contributed by atoms with E-state index in [-0.39, 0.29) is 0 Å². The van der Waals surface area contributed by atoms with E-state index in [2.05, 4.69) is 28.4 Å². The van der Waals surface area contributed by atoms with Gasteiger partial charge in [0.25, 0.3) is 0 Å². The van der Waals surface area contributed by atoms with Crippen LogP contribution in [-0.2, 0) is 13.7 Å². The number of ether oxygens (including phenoxy) is 1. The van der Waals surface area contributed by atoms with Crippen LogP contribution in [0.2, 0.25) is 0 Å². The van der Waals surface area contributed by atoms with Gasteiger partial charge >= 0.3 is 0 Å². The van der Waals surface area contributed by atoms with Crippen LogP contribution in [0, 0.1) is 0 Å². The van der Waals surface area contributed by atoms with Crippen molar-refractivity contribution in [1.29, 1.82) is 0 Å². The molecule has 0 bridgehead atoms. The first kappa shape index (κ1) is 12.6. The summed E-state index contributed by atoms with van der Waals surface area (Å²) in [6, 6.07) is 8.37. The average molecular weight is 246 g/mol. The van der Waals surface area contributed by atoms with Crippen molar-refractivity contribution in [2.45, 2.75) is 19.6 Å². The summed E-state index contributed by atoms with van der Waals surface area (Å²) < 4.78 is 7.42. The molecule has 0 saturated heterocycles. The highest BCUT2D eigenvalue weighted by molar-refractivity contribution is 5.30. The van der Waals surface area contributed by atoms with Gasteiger partial charge in [0.15, 0.2) is 5.82 Å². The smallest absolute Gasteiger partial charge is 0.164 e. The number of nitrogens with zero attached hydrogens (tertiary/aromatic N) is 3. The third-order valence-corrected chi connectivity index (χ3v) is 2.96. The maximum absolute atomic E-state index is 5.72. The lowest BCUT2D eigenvalue weighted by molar-refractivity contribution is 0.289. The van der Waals surface area contributed by atoms with E-state index in [0.717, 1.165) is 11.6 Å². The molecule has 0 aliphatic rings. The molecule has 1 unspecified atom stereocenters. The molecule has 2 aromatic rings. The van der Waals surface area contributed by atoms with E-state index in [1.54, 1.807) is 4.68 Å². The lowest BCUT2D eigenvalue weighted by Gasteiger charge is -2.12. The molecular weight excluding hydrogens is 228 g/mol. The second-order valence-corrected chi connectivity index (χ2v) is 4.17. The van der Waals surface area contributed by atoms with Gasteiger partial charge in [0.2, 0.25) is 0 Å². The highest BCUT2D eigenvalue weighted by atomic mass is 16.5. The zero-order valence-electron chi connectivity index (χ0n) is 10.9. The van der Waals surface area contributed by atoms with Gasteiger partial charge in [-0.1, -0.05) is 12.1 Å². The Morgan fingerprint density at radius 3 is 2.94 bits per heavy atom. The number of rotatable bonds is 5. The van der Waals surface area contributed by atoms with Crippen molar-refractivity contribution in [3.05, 3.63) is 42.0 Å². The Labute approximate surface area is 107 Å². The third kappa shape index (κ3) is 2.87. The van der Waals surface area contributed by atoms with Gasteiger partial charge in [0.1, 0.15) is 18.7 Å². The largest absolute Gasteiger partial charge is 0.486 e. The molecule has 0 amide bonds. The summed E-state index contributed by atoms with van der Waals surface area (Å²) in [6.07, 6.45) is 1.53. The maximum Gasteiger partial charge on any atom is 0.164 e. The van der Waals surface area contributed by atoms with Gasteiger partial charge in [-0.2, -0.15) is 5.10 Å². The Morgan fingerprint density at radius 1 is 1.44 bits per heavy atom. The van der Waals surface area contributed by atoms with Gasteiger partial charge in [-0.05, 0) is 31.7 Å². The van der Waals surface area contributed by atoms with Gasteiger partial charge in [0, 0.05) is 13.1 Å². The molecule has 1 atom stereocenters. The van der Waals surface area contributed by atoms with Gasteiger partial charge in [-0.15, -0.1) is 0 Å². The fourth-order valence-corrected chi connectivity index (χ4v) is 1.64. The number of aryl methyl sites for hydroxylation is 1. The Morgan fingerprint density at radius 2 is 2.28 bits per heavy atom. The second kappa shape index (κ2) is 5.64. The molecule has 5 heteroatoms. The topological polar surface area (TPSA) is 52.0 Å². The van der Waals surface area contributed by atoms with E-state index in [1.165, 1.54) is 11.9 Å². The Balaban J connectivity index is 2.04. The number of hydrogen-bond acceptors (Lipinski definition) is 4. The van der Waals surface area contributed by atoms with Gasteiger partial charge in [-0.25, -0.2) is 4.98 Å². The normalized spacial score (nSPS) is 12.4. The van der Waals surface area contributed by atoms with Gasteiger partial charge in [-0.3, -0.25) is 4.68 Å². The fraction of sp³-hybridized carbons (Fsp3) is 0.385. The van der Waals surface area contributed by atoms with Crippen molar-refractivity contribution in [3.63, 3.8) is 0 Å². The maximum atomic E-state index is 5.72. The van der Waals surface area contributed by atoms with Crippen molar-refractivity contribution in [1.82, 2.24) is 20.1 Å². The van der Waals surface area contributed by atoms with Crippen LogP contribution < -0.4 is 10.1 Å². The first-order valence-electron chi connectivity index (χ1n) is 5.93. The van der Waals surface area contributed by atoms with Crippen LogP contribution in [0.15, 0.2) is 30.6 Å². The molecule has 0 radical (unpaired) electrons. The van der Waals surface area contributed by atoms with Gasteiger partial charge < -0.3 is 10.1 Å². The number of hydrogen-bond donors (Lipinski definition) is 1. The predicted octanol–water partition coefficient (Wildman–Crippen LogP) is 1.67. The number of nitrogens with one attached hydrogen (secondary N) is 1. The summed E-state index contributed by atoms with van der Waals surface area (Å²) in [5.74, 6) is 1.65. The zero-order valence-corrected chi connectivity index (χ0v) is 10.9. The fourth-order valence-electron chi connectivity index (χ4n) is 1.64. The van der Waals surface area contributed by atoms with Crippen LogP contribution in [0.5, 0.6) is 5.75 Å². The molecule has 0 aliphatic heterocycles. The summed E-state index contributed by atoms with van der Waals surface area (Å²) in [4.78, 5) is 4.12. The minimum absolute atomic E-state index is 0.309. The van der Waals surface area contributed by atoms with Crippen molar-refractivity contribution in [2.75, 3.05) is 7.05 Å². The number of benzene rings is 1. The Kier molecular flexibility index (Phi) is 3.94. The van der Waals surface area contributed by atoms with Crippen LogP contribution in [0.1, 0.15) is 24.4 Å². The summed E-state index contributed by atoms with van der Waals surface area (Å²) in [7, 11) is 3.79. The lowest BCUT2D eigenvalue weighted by Crippen LogP contribution is -2.12. The lowest BCUT2D eigenvalue weighted by atomic mass is 10.1. The molecule has 0 fully saturated rings. The molecule has 5 nitrogen and oxygen atoms in total. The van der Waals surface area contributed by atoms with E-state index in [4.69, 9.17) is 4.74 Å². The first-order valence-corrected chi connectivity index (χ1v) is 5.93. The molecule has 0 saturated carbocycles. The van der Waals surface area contributed by atoms with Gasteiger partial charge in [0.05, 0.1) is 0 Å². The van der Waals surface area contributed by atoms with Crippen molar-refractivity contribution >= 4 is 0 Å². The third-order valence-electron chi connectivity index (χ3n) is 2.96. The monoisotopic (exact) mass is 246 g/mol. The summed E-state index contributed by atoms with van der Waals surface area (Å²) >= 11 is 0. The van der Waals surface area contributed by atoms with Crippen LogP contribution in [0.4, 0.5) is 0 Å². The van der Waals surface area contributed by atoms with Crippen LogP contribution in [-0.4, -0.2) is 21.8 Å². The second-order valence-electron chi connectivity index (χ2n) is 4.17. The molecule has 2 rings (SSSR count). The van der Waals surface area contributed by atoms with Crippen molar-refractivity contribution in [2.24, 2.45) is 7.05 Å². The van der Waals surface area contributed by atoms with Crippen molar-refractivity contribution in [3.8, 4) is 5.75 Å². The molecular formula is C13H18N4O. The average Bonchev–Trinajstić information content (AvgIpc) is 2.81. The van der Waals surface area contributed by atoms with Crippen LogP contribution in [0.25, 0.3) is 0 Å². The minimum Gasteiger partial charge on any atom is -0.486 e. The molecule has 1 aromatic heterocycles. The predicted molar refractivity (Wildman–Crippen MR) is 69.3 cm³/mol. The molecule has 1 heterocycles. The highest BCUT2D eigenvalue weighted by Crippen LogP contribution is 2.19.